The van der Waals surface area contributed by atoms with Gasteiger partial charge in [-0.05, 0) is 12.1 Å². The largest absolute Gasteiger partial charge is 0.411 e. The van der Waals surface area contributed by atoms with Crippen LogP contribution in [0.5, 0.6) is 0 Å². The first-order chi connectivity index (χ1) is 9.46. The molecule has 8 heteroatoms. The van der Waals surface area contributed by atoms with Crippen LogP contribution >= 0.6 is 0 Å². The van der Waals surface area contributed by atoms with Gasteiger partial charge in [0.15, 0.2) is 0 Å². The second kappa shape index (κ2) is 7.67. The first kappa shape index (κ1) is 16.2. The van der Waals surface area contributed by atoms with Gasteiger partial charge in [-0.2, -0.15) is 18.4 Å². The summed E-state index contributed by atoms with van der Waals surface area (Å²) in [5.74, 6) is 0.411. The summed E-state index contributed by atoms with van der Waals surface area (Å²) in [6, 6.07) is 6.61. The Balaban J connectivity index is 2.58. The number of nitriles is 1. The molecule has 110 valence electrons. The highest BCUT2D eigenvalue weighted by atomic mass is 19.4. The van der Waals surface area contributed by atoms with Gasteiger partial charge in [-0.25, -0.2) is 4.98 Å². The topological polar surface area (TPSA) is 69.4 Å². The molecule has 0 radical (unpaired) electrons. The predicted octanol–water partition coefficient (Wildman–Crippen LogP) is 1.33. The minimum absolute atomic E-state index is 0.137. The van der Waals surface area contributed by atoms with Crippen LogP contribution in [0, 0.1) is 11.3 Å². The second-order valence-electron chi connectivity index (χ2n) is 3.87. The molecule has 1 N–H and O–H groups in total. The van der Waals surface area contributed by atoms with Crippen molar-refractivity contribution in [1.29, 1.82) is 5.26 Å². The van der Waals surface area contributed by atoms with Crippen molar-refractivity contribution >= 4 is 5.82 Å². The Bertz CT molecular complexity index is 460. The van der Waals surface area contributed by atoms with Crippen LogP contribution < -0.4 is 4.90 Å². The zero-order chi connectivity index (χ0) is 15.0. The molecule has 1 aromatic heterocycles. The van der Waals surface area contributed by atoms with Crippen LogP contribution in [0.25, 0.3) is 0 Å². The van der Waals surface area contributed by atoms with E-state index in [2.05, 4.69) is 9.72 Å². The molecule has 5 nitrogen and oxygen atoms in total. The molecule has 1 heterocycles. The summed E-state index contributed by atoms with van der Waals surface area (Å²) in [6.07, 6.45) is -4.36. The molecule has 1 rings (SSSR count). The molecule has 0 unspecified atom stereocenters. The molecular weight excluding hydrogens is 275 g/mol. The number of nitrogens with zero attached hydrogens (tertiary/aromatic N) is 3. The maximum atomic E-state index is 11.9. The van der Waals surface area contributed by atoms with E-state index in [1.165, 1.54) is 6.07 Å². The smallest absolute Gasteiger partial charge is 0.395 e. The van der Waals surface area contributed by atoms with Crippen molar-refractivity contribution in [2.45, 2.75) is 6.18 Å². The second-order valence-corrected chi connectivity index (χ2v) is 3.87. The third-order valence-electron chi connectivity index (χ3n) is 2.31. The molecule has 0 spiro atoms. The Hall–Kier alpha value is -1.85. The minimum Gasteiger partial charge on any atom is -0.395 e. The van der Waals surface area contributed by atoms with Gasteiger partial charge < -0.3 is 14.7 Å². The zero-order valence-corrected chi connectivity index (χ0v) is 10.6. The number of anilines is 1. The number of hydrogen-bond acceptors (Lipinski definition) is 5. The van der Waals surface area contributed by atoms with Crippen molar-refractivity contribution in [3.63, 3.8) is 0 Å². The van der Waals surface area contributed by atoms with E-state index in [-0.39, 0.29) is 32.0 Å². The van der Waals surface area contributed by atoms with Crippen LogP contribution in [-0.2, 0) is 4.74 Å². The highest BCUT2D eigenvalue weighted by Crippen LogP contribution is 2.15. The van der Waals surface area contributed by atoms with E-state index in [1.54, 1.807) is 17.0 Å². The third-order valence-corrected chi connectivity index (χ3v) is 2.31. The highest BCUT2D eigenvalue weighted by Gasteiger charge is 2.27. The molecule has 0 saturated carbocycles. The van der Waals surface area contributed by atoms with Gasteiger partial charge in [0.2, 0.25) is 0 Å². The van der Waals surface area contributed by atoms with Gasteiger partial charge in [-0.15, -0.1) is 0 Å². The van der Waals surface area contributed by atoms with E-state index < -0.39 is 12.8 Å². The summed E-state index contributed by atoms with van der Waals surface area (Å²) in [4.78, 5) is 5.57. The van der Waals surface area contributed by atoms with E-state index in [9.17, 15) is 13.2 Å². The number of pyridine rings is 1. The Kier molecular flexibility index (Phi) is 6.21. The van der Waals surface area contributed by atoms with Crippen LogP contribution in [0.1, 0.15) is 5.69 Å². The maximum Gasteiger partial charge on any atom is 0.411 e. The van der Waals surface area contributed by atoms with E-state index in [4.69, 9.17) is 10.4 Å². The predicted molar refractivity (Wildman–Crippen MR) is 65.1 cm³/mol. The van der Waals surface area contributed by atoms with E-state index in [0.717, 1.165) is 0 Å². The molecule has 0 aromatic carbocycles. The Morgan fingerprint density at radius 3 is 2.70 bits per heavy atom. The fourth-order valence-electron chi connectivity index (χ4n) is 1.49. The normalized spacial score (nSPS) is 11.2. The number of alkyl halides is 3. The summed E-state index contributed by atoms with van der Waals surface area (Å²) in [5.41, 5.74) is 0.196. The lowest BCUT2D eigenvalue weighted by Crippen LogP contribution is -2.32. The summed E-state index contributed by atoms with van der Waals surface area (Å²) in [5, 5.41) is 17.7. The van der Waals surface area contributed by atoms with Gasteiger partial charge in [-0.1, -0.05) is 6.07 Å². The Labute approximate surface area is 114 Å². The van der Waals surface area contributed by atoms with Gasteiger partial charge >= 0.3 is 6.18 Å². The maximum absolute atomic E-state index is 11.9. The number of rotatable bonds is 7. The van der Waals surface area contributed by atoms with Gasteiger partial charge in [-0.3, -0.25) is 0 Å². The first-order valence-electron chi connectivity index (χ1n) is 5.83. The monoisotopic (exact) mass is 289 g/mol. The Morgan fingerprint density at radius 1 is 1.35 bits per heavy atom. The number of ether oxygens (including phenoxy) is 1. The van der Waals surface area contributed by atoms with Crippen molar-refractivity contribution < 1.29 is 23.0 Å². The van der Waals surface area contributed by atoms with E-state index in [1.807, 2.05) is 6.07 Å². The average molecular weight is 289 g/mol. The molecule has 0 aliphatic rings. The van der Waals surface area contributed by atoms with Crippen molar-refractivity contribution in [1.82, 2.24) is 4.98 Å². The lowest BCUT2D eigenvalue weighted by molar-refractivity contribution is -0.173. The number of aliphatic hydroxyl groups is 1. The van der Waals surface area contributed by atoms with Gasteiger partial charge in [0.05, 0.1) is 13.2 Å². The quantitative estimate of drug-likeness (QED) is 0.767. The molecule has 0 aliphatic heterocycles. The molecule has 0 fully saturated rings. The lowest BCUT2D eigenvalue weighted by Gasteiger charge is -2.22. The summed E-state index contributed by atoms with van der Waals surface area (Å²) in [7, 11) is 0. The molecular formula is C12H14F3N3O2. The molecule has 0 aliphatic carbocycles. The fourth-order valence-corrected chi connectivity index (χ4v) is 1.49. The van der Waals surface area contributed by atoms with Crippen LogP contribution in [0.15, 0.2) is 18.2 Å². The van der Waals surface area contributed by atoms with Gasteiger partial charge in [0, 0.05) is 13.1 Å². The van der Waals surface area contributed by atoms with Gasteiger partial charge in [0.1, 0.15) is 24.2 Å². The van der Waals surface area contributed by atoms with Crippen LogP contribution in [0.2, 0.25) is 0 Å². The van der Waals surface area contributed by atoms with E-state index >= 15 is 0 Å². The van der Waals surface area contributed by atoms with Crippen LogP contribution in [-0.4, -0.2) is 49.2 Å². The Morgan fingerprint density at radius 2 is 2.10 bits per heavy atom. The molecule has 0 bridgehead atoms. The molecule has 20 heavy (non-hydrogen) atoms. The molecule has 0 amide bonds. The van der Waals surface area contributed by atoms with Crippen molar-refractivity contribution in [2.75, 3.05) is 37.8 Å². The van der Waals surface area contributed by atoms with Crippen molar-refractivity contribution in [3.8, 4) is 6.07 Å². The summed E-state index contributed by atoms with van der Waals surface area (Å²) < 4.78 is 40.3. The SMILES string of the molecule is N#Cc1cccc(N(CCO)CCOCC(F)(F)F)n1. The third kappa shape index (κ3) is 5.86. The zero-order valence-electron chi connectivity index (χ0n) is 10.6. The van der Waals surface area contributed by atoms with Crippen molar-refractivity contribution in [3.05, 3.63) is 23.9 Å². The molecule has 0 saturated heterocycles. The highest BCUT2D eigenvalue weighted by molar-refractivity contribution is 5.41. The number of hydrogen-bond donors (Lipinski definition) is 1. The number of aliphatic hydroxyl groups excluding tert-OH is 1. The van der Waals surface area contributed by atoms with Crippen LogP contribution in [0.4, 0.5) is 19.0 Å². The molecule has 0 atom stereocenters. The average Bonchev–Trinajstić information content (AvgIpc) is 2.41. The van der Waals surface area contributed by atoms with E-state index in [0.29, 0.717) is 5.82 Å². The molecule has 1 aromatic rings. The van der Waals surface area contributed by atoms with Gasteiger partial charge in [0.25, 0.3) is 0 Å². The summed E-state index contributed by atoms with van der Waals surface area (Å²) >= 11 is 0. The standard InChI is InChI=1S/C12H14F3N3O2/c13-12(14,15)9-20-7-5-18(4-6-19)11-3-1-2-10(8-16)17-11/h1-3,19H,4-7,9H2. The number of aromatic nitrogens is 1. The summed E-state index contributed by atoms with van der Waals surface area (Å²) in [6.45, 7) is -1.32. The minimum atomic E-state index is -4.36. The van der Waals surface area contributed by atoms with Crippen molar-refractivity contribution in [2.24, 2.45) is 0 Å². The first-order valence-corrected chi connectivity index (χ1v) is 5.83. The van der Waals surface area contributed by atoms with Crippen LogP contribution in [0.3, 0.4) is 0 Å². The lowest BCUT2D eigenvalue weighted by atomic mass is 10.3. The number of halogens is 3. The fraction of sp³-hybridized carbons (Fsp3) is 0.500.